The number of nitro benzene ring substituents is 1. The number of nitrogens with zero attached hydrogens (tertiary/aromatic N) is 2. The number of anilines is 1. The van der Waals surface area contributed by atoms with E-state index in [-0.39, 0.29) is 18.0 Å². The van der Waals surface area contributed by atoms with Crippen molar-refractivity contribution in [1.82, 2.24) is 4.98 Å². The van der Waals surface area contributed by atoms with Crippen molar-refractivity contribution in [3.8, 4) is 0 Å². The van der Waals surface area contributed by atoms with E-state index in [1.54, 1.807) is 44.3 Å². The van der Waals surface area contributed by atoms with Crippen molar-refractivity contribution in [2.75, 3.05) is 5.32 Å². The Bertz CT molecular complexity index is 1200. The van der Waals surface area contributed by atoms with E-state index in [1.807, 2.05) is 0 Å². The van der Waals surface area contributed by atoms with E-state index in [0.29, 0.717) is 31.9 Å². The van der Waals surface area contributed by atoms with Crippen LogP contribution in [0, 0.1) is 10.1 Å². The smallest absolute Gasteiger partial charge is 0.278 e. The summed E-state index contributed by atoms with van der Waals surface area (Å²) < 4.78 is 0. The number of halogens is 1. The van der Waals surface area contributed by atoms with E-state index in [4.69, 9.17) is 17.3 Å². The molecule has 1 aromatic heterocycles. The highest BCUT2D eigenvalue weighted by molar-refractivity contribution is 7.99. The molecule has 2 amide bonds. The number of hydrogen-bond acceptors (Lipinski definition) is 6. The van der Waals surface area contributed by atoms with Crippen molar-refractivity contribution in [1.29, 1.82) is 0 Å². The highest BCUT2D eigenvalue weighted by atomic mass is 35.5. The number of benzene rings is 2. The molecule has 31 heavy (non-hydrogen) atoms. The molecule has 0 bridgehead atoms. The fraction of sp³-hybridized carbons (Fsp3) is 0.190. The molecule has 0 spiro atoms. The van der Waals surface area contributed by atoms with Crippen molar-refractivity contribution in [3.63, 3.8) is 0 Å². The summed E-state index contributed by atoms with van der Waals surface area (Å²) in [6.45, 7) is 3.36. The summed E-state index contributed by atoms with van der Waals surface area (Å²) in [7, 11) is 0. The Morgan fingerprint density at radius 1 is 1.26 bits per heavy atom. The first kappa shape index (κ1) is 22.5. The molecule has 0 saturated heterocycles. The van der Waals surface area contributed by atoms with Gasteiger partial charge in [0, 0.05) is 45.7 Å². The summed E-state index contributed by atoms with van der Waals surface area (Å²) in [5.41, 5.74) is 6.37. The summed E-state index contributed by atoms with van der Waals surface area (Å²) in [5.74, 6) is -1.42. The molecular formula is C21H19ClN4O4S. The average Bonchev–Trinajstić information content (AvgIpc) is 2.74. The number of hydrogen-bond donors (Lipinski definition) is 2. The number of non-ortho nitro benzene ring substituents is 1. The number of nitro groups is 1. The summed E-state index contributed by atoms with van der Waals surface area (Å²) in [4.78, 5) is 40.0. The van der Waals surface area contributed by atoms with E-state index in [9.17, 15) is 19.7 Å². The SMILES string of the molecule is CCC(=O)Nc1cc(Sc2ccc([N+](=O)[O-])c3cnccc23)c(Cl)cc1C(C)C(N)=O. The number of nitrogens with one attached hydrogen (secondary N) is 1. The van der Waals surface area contributed by atoms with Gasteiger partial charge in [-0.05, 0) is 36.8 Å². The molecular weight excluding hydrogens is 440 g/mol. The lowest BCUT2D eigenvalue weighted by atomic mass is 9.98. The van der Waals surface area contributed by atoms with Crippen molar-refractivity contribution in [2.45, 2.75) is 36.0 Å². The molecule has 0 fully saturated rings. The number of amides is 2. The van der Waals surface area contributed by atoms with Crippen LogP contribution in [0.2, 0.25) is 5.02 Å². The molecule has 8 nitrogen and oxygen atoms in total. The Hall–Kier alpha value is -3.17. The quantitative estimate of drug-likeness (QED) is 0.383. The summed E-state index contributed by atoms with van der Waals surface area (Å²) >= 11 is 7.79. The molecule has 3 rings (SSSR count). The third-order valence-corrected chi connectivity index (χ3v) is 6.32. The number of carbonyl (C=O) groups is 2. The topological polar surface area (TPSA) is 128 Å². The zero-order valence-corrected chi connectivity index (χ0v) is 18.3. The van der Waals surface area contributed by atoms with Gasteiger partial charge in [-0.3, -0.25) is 24.7 Å². The molecule has 0 radical (unpaired) electrons. The Morgan fingerprint density at radius 3 is 2.65 bits per heavy atom. The third-order valence-electron chi connectivity index (χ3n) is 4.76. The van der Waals surface area contributed by atoms with Crippen LogP contribution in [-0.4, -0.2) is 21.7 Å². The maximum absolute atomic E-state index is 12.0. The van der Waals surface area contributed by atoms with Crippen molar-refractivity contribution in [2.24, 2.45) is 5.73 Å². The predicted molar refractivity (Wildman–Crippen MR) is 121 cm³/mol. The van der Waals surface area contributed by atoms with Crippen molar-refractivity contribution < 1.29 is 14.5 Å². The van der Waals surface area contributed by atoms with Crippen LogP contribution in [0.25, 0.3) is 10.8 Å². The van der Waals surface area contributed by atoms with Crippen LogP contribution in [0.4, 0.5) is 11.4 Å². The highest BCUT2D eigenvalue weighted by Crippen LogP contribution is 2.42. The molecule has 1 unspecified atom stereocenters. The first-order chi connectivity index (χ1) is 14.7. The minimum absolute atomic E-state index is 0.0416. The van der Waals surface area contributed by atoms with Gasteiger partial charge in [-0.25, -0.2) is 0 Å². The van der Waals surface area contributed by atoms with Crippen molar-refractivity contribution >= 4 is 57.3 Å². The second-order valence-corrected chi connectivity index (χ2v) is 8.25. The lowest BCUT2D eigenvalue weighted by Crippen LogP contribution is -2.21. The van der Waals surface area contributed by atoms with Gasteiger partial charge >= 0.3 is 0 Å². The molecule has 160 valence electrons. The zero-order valence-electron chi connectivity index (χ0n) is 16.7. The van der Waals surface area contributed by atoms with E-state index in [0.717, 1.165) is 4.90 Å². The average molecular weight is 459 g/mol. The number of fused-ring (bicyclic) bond motifs is 1. The number of aromatic nitrogens is 1. The van der Waals surface area contributed by atoms with Crippen LogP contribution < -0.4 is 11.1 Å². The van der Waals surface area contributed by atoms with E-state index >= 15 is 0 Å². The monoisotopic (exact) mass is 458 g/mol. The lowest BCUT2D eigenvalue weighted by Gasteiger charge is -2.18. The van der Waals surface area contributed by atoms with Gasteiger partial charge in [0.1, 0.15) is 0 Å². The van der Waals surface area contributed by atoms with Crippen LogP contribution in [0.15, 0.2) is 52.5 Å². The normalized spacial score (nSPS) is 11.8. The second kappa shape index (κ2) is 9.32. The van der Waals surface area contributed by atoms with Crippen LogP contribution in [0.3, 0.4) is 0 Å². The molecule has 0 aliphatic heterocycles. The van der Waals surface area contributed by atoms with E-state index in [1.165, 1.54) is 24.0 Å². The van der Waals surface area contributed by atoms with Gasteiger partial charge in [0.15, 0.2) is 0 Å². The van der Waals surface area contributed by atoms with Crippen LogP contribution in [0.5, 0.6) is 0 Å². The van der Waals surface area contributed by atoms with Gasteiger partial charge in [-0.1, -0.05) is 30.3 Å². The molecule has 3 aromatic rings. The highest BCUT2D eigenvalue weighted by Gasteiger charge is 2.21. The molecule has 2 aromatic carbocycles. The third kappa shape index (κ3) is 4.78. The molecule has 1 atom stereocenters. The Kier molecular flexibility index (Phi) is 6.77. The minimum Gasteiger partial charge on any atom is -0.369 e. The number of pyridine rings is 1. The molecule has 3 N–H and O–H groups in total. The second-order valence-electron chi connectivity index (χ2n) is 6.76. The molecule has 0 saturated carbocycles. The molecule has 1 heterocycles. The van der Waals surface area contributed by atoms with Gasteiger partial charge in [0.2, 0.25) is 11.8 Å². The first-order valence-corrected chi connectivity index (χ1v) is 10.5. The number of carbonyl (C=O) groups excluding carboxylic acids is 2. The van der Waals surface area contributed by atoms with Gasteiger partial charge < -0.3 is 11.1 Å². The standard InChI is InChI=1S/C21H19ClN4O4S/c1-3-20(27)25-16-9-19(15(22)8-13(16)11(2)21(23)28)31-18-5-4-17(26(29)30)14-10-24-7-6-12(14)18/h4-11H,3H2,1-2H3,(H2,23,28)(H,25,27). The fourth-order valence-corrected chi connectivity index (χ4v) is 4.30. The lowest BCUT2D eigenvalue weighted by molar-refractivity contribution is -0.383. The maximum Gasteiger partial charge on any atom is 0.278 e. The van der Waals surface area contributed by atoms with Gasteiger partial charge in [-0.2, -0.15) is 0 Å². The zero-order chi connectivity index (χ0) is 22.7. The van der Waals surface area contributed by atoms with Gasteiger partial charge in [-0.15, -0.1) is 0 Å². The van der Waals surface area contributed by atoms with E-state index < -0.39 is 16.7 Å². The van der Waals surface area contributed by atoms with Gasteiger partial charge in [0.05, 0.1) is 21.3 Å². The fourth-order valence-electron chi connectivity index (χ4n) is 3.02. The molecule has 0 aliphatic carbocycles. The summed E-state index contributed by atoms with van der Waals surface area (Å²) in [6, 6.07) is 8.06. The predicted octanol–water partition coefficient (Wildman–Crippen LogP) is 4.88. The maximum atomic E-state index is 12.0. The van der Waals surface area contributed by atoms with E-state index in [2.05, 4.69) is 10.3 Å². The molecule has 10 heteroatoms. The molecule has 0 aliphatic rings. The Morgan fingerprint density at radius 2 is 2.00 bits per heavy atom. The minimum atomic E-state index is -0.657. The first-order valence-electron chi connectivity index (χ1n) is 9.34. The van der Waals surface area contributed by atoms with Crippen LogP contribution in [0.1, 0.15) is 31.7 Å². The number of primary amides is 1. The number of nitrogens with two attached hydrogens (primary N) is 1. The largest absolute Gasteiger partial charge is 0.369 e. The summed E-state index contributed by atoms with van der Waals surface area (Å²) in [5, 5.41) is 15.6. The van der Waals surface area contributed by atoms with Crippen LogP contribution >= 0.6 is 23.4 Å². The summed E-state index contributed by atoms with van der Waals surface area (Å²) in [6.07, 6.45) is 3.27. The van der Waals surface area contributed by atoms with Gasteiger partial charge in [0.25, 0.3) is 5.69 Å². The van der Waals surface area contributed by atoms with Crippen LogP contribution in [-0.2, 0) is 9.59 Å². The number of rotatable bonds is 7. The van der Waals surface area contributed by atoms with Crippen molar-refractivity contribution in [3.05, 3.63) is 63.4 Å². The Labute approximate surface area is 187 Å². The Balaban J connectivity index is 2.11.